The fourth-order valence-electron chi connectivity index (χ4n) is 1.92. The molecule has 3 aromatic rings. The number of hydrogen-bond donors (Lipinski definition) is 1. The highest BCUT2D eigenvalue weighted by molar-refractivity contribution is 7.71. The Morgan fingerprint density at radius 1 is 1.16 bits per heavy atom. The van der Waals surface area contributed by atoms with E-state index in [1.165, 1.54) is 0 Å². The smallest absolute Gasteiger partial charge is 0.155 e. The maximum absolute atomic E-state index is 6.03. The van der Waals surface area contributed by atoms with Gasteiger partial charge in [0.15, 0.2) is 5.65 Å². The van der Waals surface area contributed by atoms with E-state index in [1.807, 2.05) is 31.2 Å². The summed E-state index contributed by atoms with van der Waals surface area (Å²) in [5.41, 5.74) is 3.51. The Kier molecular flexibility index (Phi) is 3.09. The Morgan fingerprint density at radius 2 is 1.95 bits per heavy atom. The summed E-state index contributed by atoms with van der Waals surface area (Å²) in [6.45, 7) is 1.92. The Hall–Kier alpha value is -1.36. The van der Waals surface area contributed by atoms with Gasteiger partial charge in [0.05, 0.1) is 15.7 Å². The van der Waals surface area contributed by atoms with Crippen LogP contribution in [-0.4, -0.2) is 14.6 Å². The normalized spacial score (nSPS) is 11.1. The highest BCUT2D eigenvalue weighted by Crippen LogP contribution is 2.28. The number of aromatic amines is 1. The fraction of sp³-hybridized carbons (Fsp3) is 0.0769. The molecule has 96 valence electrons. The minimum Gasteiger partial charge on any atom is -0.291 e. The van der Waals surface area contributed by atoms with E-state index in [4.69, 9.17) is 35.4 Å². The summed E-state index contributed by atoms with van der Waals surface area (Å²) in [5.74, 6) is 0. The summed E-state index contributed by atoms with van der Waals surface area (Å²) < 4.78 is 2.45. The van der Waals surface area contributed by atoms with E-state index >= 15 is 0 Å². The van der Waals surface area contributed by atoms with Crippen LogP contribution in [-0.2, 0) is 0 Å². The lowest BCUT2D eigenvalue weighted by Crippen LogP contribution is -1.93. The van der Waals surface area contributed by atoms with Gasteiger partial charge in [0.1, 0.15) is 4.64 Å². The average Bonchev–Trinajstić information content (AvgIpc) is 2.76. The van der Waals surface area contributed by atoms with E-state index < -0.39 is 0 Å². The molecule has 0 saturated heterocycles. The molecule has 2 aromatic heterocycles. The van der Waals surface area contributed by atoms with Crippen molar-refractivity contribution in [3.8, 4) is 11.3 Å². The van der Waals surface area contributed by atoms with Crippen LogP contribution >= 0.6 is 35.4 Å². The molecule has 0 radical (unpaired) electrons. The SMILES string of the molecule is Cc1cc(=S)n2[nH]c(-c3ccc(Cl)c(Cl)c3)cc2n1. The quantitative estimate of drug-likeness (QED) is 0.662. The first-order valence-electron chi connectivity index (χ1n) is 5.59. The van der Waals surface area contributed by atoms with Gasteiger partial charge >= 0.3 is 0 Å². The van der Waals surface area contributed by atoms with Crippen molar-refractivity contribution >= 4 is 41.1 Å². The maximum Gasteiger partial charge on any atom is 0.155 e. The monoisotopic (exact) mass is 309 g/mol. The standard InChI is InChI=1S/C13H9Cl2N3S/c1-7-4-13(19)18-12(16-7)6-11(17-18)8-2-3-9(14)10(15)5-8/h2-6,17H,1H3. The minimum absolute atomic E-state index is 0.519. The van der Waals surface area contributed by atoms with Crippen molar-refractivity contribution in [1.29, 1.82) is 0 Å². The summed E-state index contributed by atoms with van der Waals surface area (Å²) in [6.07, 6.45) is 0. The number of H-pyrrole nitrogens is 1. The van der Waals surface area contributed by atoms with Gasteiger partial charge in [-0.15, -0.1) is 0 Å². The van der Waals surface area contributed by atoms with Crippen LogP contribution in [0.4, 0.5) is 0 Å². The summed E-state index contributed by atoms with van der Waals surface area (Å²) in [5, 5.41) is 4.26. The number of nitrogens with zero attached hydrogens (tertiary/aromatic N) is 2. The Bertz CT molecular complexity index is 836. The number of hydrogen-bond acceptors (Lipinski definition) is 2. The minimum atomic E-state index is 0.519. The molecule has 0 aliphatic rings. The Labute approximate surface area is 124 Å². The van der Waals surface area contributed by atoms with E-state index in [1.54, 1.807) is 10.6 Å². The van der Waals surface area contributed by atoms with Gasteiger partial charge < -0.3 is 0 Å². The zero-order valence-corrected chi connectivity index (χ0v) is 12.3. The lowest BCUT2D eigenvalue weighted by atomic mass is 10.1. The second-order valence-corrected chi connectivity index (χ2v) is 5.46. The van der Waals surface area contributed by atoms with Crippen LogP contribution in [0.5, 0.6) is 0 Å². The van der Waals surface area contributed by atoms with Crippen LogP contribution in [0.3, 0.4) is 0 Å². The number of rotatable bonds is 1. The Morgan fingerprint density at radius 3 is 2.68 bits per heavy atom. The Balaban J connectivity index is 2.23. The zero-order chi connectivity index (χ0) is 13.6. The third-order valence-corrected chi connectivity index (χ3v) is 3.85. The fourth-order valence-corrected chi connectivity index (χ4v) is 2.53. The lowest BCUT2D eigenvalue weighted by molar-refractivity contribution is 0.918. The molecule has 19 heavy (non-hydrogen) atoms. The molecule has 3 nitrogen and oxygen atoms in total. The molecule has 3 rings (SSSR count). The molecule has 2 heterocycles. The van der Waals surface area contributed by atoms with E-state index in [2.05, 4.69) is 10.1 Å². The van der Waals surface area contributed by atoms with Crippen molar-refractivity contribution in [2.45, 2.75) is 6.92 Å². The van der Waals surface area contributed by atoms with E-state index in [-0.39, 0.29) is 0 Å². The average molecular weight is 310 g/mol. The molecule has 0 amide bonds. The molecular formula is C13H9Cl2N3S. The number of nitrogens with one attached hydrogen (secondary N) is 1. The van der Waals surface area contributed by atoms with Crippen LogP contribution in [0.1, 0.15) is 5.69 Å². The molecule has 0 atom stereocenters. The molecule has 1 aromatic carbocycles. The largest absolute Gasteiger partial charge is 0.291 e. The number of halogens is 2. The van der Waals surface area contributed by atoms with Crippen LogP contribution in [0.25, 0.3) is 16.9 Å². The van der Waals surface area contributed by atoms with Crippen LogP contribution < -0.4 is 0 Å². The van der Waals surface area contributed by atoms with E-state index in [0.29, 0.717) is 14.7 Å². The van der Waals surface area contributed by atoms with Gasteiger partial charge in [-0.3, -0.25) is 5.10 Å². The summed E-state index contributed by atoms with van der Waals surface area (Å²) in [7, 11) is 0. The van der Waals surface area contributed by atoms with Gasteiger partial charge in [0.2, 0.25) is 0 Å². The maximum atomic E-state index is 6.03. The number of benzene rings is 1. The topological polar surface area (TPSA) is 33.1 Å². The summed E-state index contributed by atoms with van der Waals surface area (Å²) in [4.78, 5) is 4.43. The van der Waals surface area contributed by atoms with Gasteiger partial charge in [-0.2, -0.15) is 0 Å². The third kappa shape index (κ3) is 2.27. The predicted molar refractivity (Wildman–Crippen MR) is 80.6 cm³/mol. The summed E-state index contributed by atoms with van der Waals surface area (Å²) >= 11 is 17.2. The first kappa shape index (κ1) is 12.7. The molecule has 6 heteroatoms. The second-order valence-electron chi connectivity index (χ2n) is 4.23. The number of fused-ring (bicyclic) bond motifs is 1. The van der Waals surface area contributed by atoms with Gasteiger partial charge in [-0.25, -0.2) is 9.50 Å². The first-order chi connectivity index (χ1) is 9.04. The van der Waals surface area contributed by atoms with E-state index in [9.17, 15) is 0 Å². The second kappa shape index (κ2) is 4.63. The molecule has 0 aliphatic heterocycles. The molecule has 0 bridgehead atoms. The molecule has 0 aliphatic carbocycles. The van der Waals surface area contributed by atoms with Gasteiger partial charge in [0, 0.05) is 17.3 Å². The van der Waals surface area contributed by atoms with Crippen LogP contribution in [0, 0.1) is 11.6 Å². The molecule has 0 fully saturated rings. The number of aryl methyl sites for hydroxylation is 1. The highest BCUT2D eigenvalue weighted by Gasteiger charge is 2.07. The van der Waals surface area contributed by atoms with Crippen molar-refractivity contribution in [2.24, 2.45) is 0 Å². The molecular weight excluding hydrogens is 301 g/mol. The zero-order valence-electron chi connectivity index (χ0n) is 9.95. The third-order valence-electron chi connectivity index (χ3n) is 2.81. The first-order valence-corrected chi connectivity index (χ1v) is 6.76. The van der Waals surface area contributed by atoms with Crippen molar-refractivity contribution in [1.82, 2.24) is 14.6 Å². The van der Waals surface area contributed by atoms with Crippen molar-refractivity contribution in [2.75, 3.05) is 0 Å². The van der Waals surface area contributed by atoms with Crippen LogP contribution in [0.15, 0.2) is 30.3 Å². The van der Waals surface area contributed by atoms with Gasteiger partial charge in [-0.05, 0) is 25.1 Å². The lowest BCUT2D eigenvalue weighted by Gasteiger charge is -2.00. The van der Waals surface area contributed by atoms with Crippen molar-refractivity contribution < 1.29 is 0 Å². The predicted octanol–water partition coefficient (Wildman–Crippen LogP) is 4.67. The van der Waals surface area contributed by atoms with E-state index in [0.717, 1.165) is 22.6 Å². The van der Waals surface area contributed by atoms with Gasteiger partial charge in [-0.1, -0.05) is 41.5 Å². The number of aromatic nitrogens is 3. The van der Waals surface area contributed by atoms with Crippen LogP contribution in [0.2, 0.25) is 10.0 Å². The summed E-state index contributed by atoms with van der Waals surface area (Å²) in [6, 6.07) is 9.25. The van der Waals surface area contributed by atoms with Crippen molar-refractivity contribution in [3.63, 3.8) is 0 Å². The molecule has 0 unspecified atom stereocenters. The van der Waals surface area contributed by atoms with Gasteiger partial charge in [0.25, 0.3) is 0 Å². The molecule has 0 saturated carbocycles. The van der Waals surface area contributed by atoms with Crippen molar-refractivity contribution in [3.05, 3.63) is 50.7 Å². The molecule has 1 N–H and O–H groups in total. The highest BCUT2D eigenvalue weighted by atomic mass is 35.5. The molecule has 0 spiro atoms.